The van der Waals surface area contributed by atoms with Gasteiger partial charge in [0.2, 0.25) is 5.91 Å². The van der Waals surface area contributed by atoms with E-state index in [0.29, 0.717) is 24.3 Å². The lowest BCUT2D eigenvalue weighted by Gasteiger charge is -2.40. The summed E-state index contributed by atoms with van der Waals surface area (Å²) >= 11 is 0. The number of aliphatic hydroxyl groups is 5. The smallest absolute Gasteiger partial charge is 0.220 e. The van der Waals surface area contributed by atoms with Crippen LogP contribution in [0, 0.1) is 5.82 Å². The molecular weight excluding hydrogens is 532 g/mol. The van der Waals surface area contributed by atoms with Crippen molar-refractivity contribution in [1.82, 2.24) is 5.32 Å². The normalized spacial score (nSPS) is 25.1. The van der Waals surface area contributed by atoms with E-state index < -0.39 is 68.1 Å². The first kappa shape index (κ1) is 31.8. The van der Waals surface area contributed by atoms with Crippen molar-refractivity contribution in [2.24, 2.45) is 0 Å². The van der Waals surface area contributed by atoms with Crippen LogP contribution in [-0.4, -0.2) is 93.7 Å². The van der Waals surface area contributed by atoms with E-state index in [9.17, 15) is 39.1 Å². The maximum absolute atomic E-state index is 13.2. The minimum absolute atomic E-state index is 0.0304. The number of aliphatic hydroxyl groups excluding tert-OH is 5. The summed E-state index contributed by atoms with van der Waals surface area (Å²) in [6, 6.07) is 11.4. The van der Waals surface area contributed by atoms with Crippen molar-refractivity contribution in [1.29, 1.82) is 0 Å². The molecule has 2 aromatic rings. The second-order valence-corrected chi connectivity index (χ2v) is 9.72. The van der Waals surface area contributed by atoms with E-state index in [4.69, 9.17) is 14.2 Å². The van der Waals surface area contributed by atoms with Crippen LogP contribution in [0.2, 0.25) is 0 Å². The number of nitrogens with one attached hydrogen (secondary N) is 1. The predicted octanol–water partition coefficient (Wildman–Crippen LogP) is 1.35. The number of halogens is 2. The van der Waals surface area contributed by atoms with E-state index in [-0.39, 0.29) is 18.7 Å². The van der Waals surface area contributed by atoms with Crippen LogP contribution in [0.25, 0.3) is 0 Å². The number of aryl methyl sites for hydroxylation is 1. The molecule has 0 aliphatic carbocycles. The Bertz CT molecular complexity index is 1040. The Morgan fingerprint density at radius 1 is 1.00 bits per heavy atom. The van der Waals surface area contributed by atoms with Gasteiger partial charge in [0.1, 0.15) is 54.5 Å². The highest BCUT2D eigenvalue weighted by molar-refractivity contribution is 5.76. The fraction of sp³-hybridized carbons (Fsp3) is 0.536. The molecule has 1 fully saturated rings. The molecule has 0 radical (unpaired) electrons. The predicted molar refractivity (Wildman–Crippen MR) is 139 cm³/mol. The van der Waals surface area contributed by atoms with Gasteiger partial charge in [-0.2, -0.15) is 0 Å². The molecule has 1 amide bonds. The number of hydrogen-bond donors (Lipinski definition) is 6. The van der Waals surface area contributed by atoms with E-state index in [1.807, 2.05) is 6.92 Å². The van der Waals surface area contributed by atoms with Gasteiger partial charge >= 0.3 is 0 Å². The van der Waals surface area contributed by atoms with E-state index in [1.165, 1.54) is 24.3 Å². The Labute approximate surface area is 231 Å². The maximum Gasteiger partial charge on any atom is 0.220 e. The fourth-order valence-electron chi connectivity index (χ4n) is 4.24. The van der Waals surface area contributed by atoms with Crippen LogP contribution in [-0.2, 0) is 20.7 Å². The van der Waals surface area contributed by atoms with Crippen molar-refractivity contribution in [3.8, 4) is 11.5 Å². The minimum atomic E-state index is -1.73. The Balaban J connectivity index is 1.56. The van der Waals surface area contributed by atoms with E-state index in [1.54, 1.807) is 24.3 Å². The molecule has 0 saturated carbocycles. The Hall–Kier alpha value is -2.71. The van der Waals surface area contributed by atoms with Gasteiger partial charge in [0.15, 0.2) is 6.29 Å². The molecule has 6 N–H and O–H groups in total. The fourth-order valence-corrected chi connectivity index (χ4v) is 4.24. The van der Waals surface area contributed by atoms with Crippen LogP contribution in [0.3, 0.4) is 0 Å². The average Bonchev–Trinajstić information content (AvgIpc) is 2.95. The van der Waals surface area contributed by atoms with E-state index in [2.05, 4.69) is 5.32 Å². The molecule has 3 rings (SSSR count). The van der Waals surface area contributed by atoms with Crippen LogP contribution in [0.15, 0.2) is 48.5 Å². The number of hydrogen-bond acceptors (Lipinski definition) is 9. The first-order chi connectivity index (χ1) is 19.1. The largest absolute Gasteiger partial charge is 0.457 e. The Morgan fingerprint density at radius 2 is 1.62 bits per heavy atom. The zero-order valence-electron chi connectivity index (χ0n) is 22.1. The van der Waals surface area contributed by atoms with Crippen LogP contribution < -0.4 is 10.1 Å². The number of amides is 1. The summed E-state index contributed by atoms with van der Waals surface area (Å²) in [4.78, 5) is 12.7. The van der Waals surface area contributed by atoms with Crippen molar-refractivity contribution in [2.75, 3.05) is 13.3 Å². The molecule has 1 saturated heterocycles. The third-order valence-corrected chi connectivity index (χ3v) is 6.61. The summed E-state index contributed by atoms with van der Waals surface area (Å²) in [6.45, 7) is 0.237. The lowest BCUT2D eigenvalue weighted by molar-refractivity contribution is -0.300. The number of carbonyl (C=O) groups is 1. The van der Waals surface area contributed by atoms with Crippen molar-refractivity contribution < 1.29 is 53.3 Å². The third-order valence-electron chi connectivity index (χ3n) is 6.61. The zero-order chi connectivity index (χ0) is 29.2. The van der Waals surface area contributed by atoms with Gasteiger partial charge < -0.3 is 45.1 Å². The molecule has 12 heteroatoms. The van der Waals surface area contributed by atoms with Gasteiger partial charge in [-0.1, -0.05) is 25.5 Å². The quantitative estimate of drug-likeness (QED) is 0.198. The molecule has 10 nitrogen and oxygen atoms in total. The van der Waals surface area contributed by atoms with Crippen molar-refractivity contribution in [2.45, 2.75) is 81.6 Å². The number of alkyl halides is 1. The number of rotatable bonds is 14. The van der Waals surface area contributed by atoms with Crippen molar-refractivity contribution in [3.05, 3.63) is 59.9 Å². The average molecular weight is 570 g/mol. The second kappa shape index (κ2) is 15.3. The van der Waals surface area contributed by atoms with Crippen LogP contribution in [0.5, 0.6) is 11.5 Å². The molecule has 2 unspecified atom stereocenters. The van der Waals surface area contributed by atoms with Crippen molar-refractivity contribution >= 4 is 5.91 Å². The summed E-state index contributed by atoms with van der Waals surface area (Å²) in [5.74, 6) is 0.184. The lowest BCUT2D eigenvalue weighted by atomic mass is 9.99. The molecule has 2 aromatic carbocycles. The highest BCUT2D eigenvalue weighted by atomic mass is 19.1. The first-order valence-corrected chi connectivity index (χ1v) is 13.2. The maximum atomic E-state index is 13.2. The van der Waals surface area contributed by atoms with Gasteiger partial charge in [-0.25, -0.2) is 8.78 Å². The van der Waals surface area contributed by atoms with Crippen LogP contribution in [0.4, 0.5) is 8.78 Å². The Kier molecular flexibility index (Phi) is 12.2. The van der Waals surface area contributed by atoms with E-state index in [0.717, 1.165) is 5.56 Å². The monoisotopic (exact) mass is 569 g/mol. The Morgan fingerprint density at radius 3 is 2.23 bits per heavy atom. The zero-order valence-corrected chi connectivity index (χ0v) is 22.1. The highest BCUT2D eigenvalue weighted by Gasteiger charge is 2.44. The summed E-state index contributed by atoms with van der Waals surface area (Å²) in [5.41, 5.74) is 0.824. The minimum Gasteiger partial charge on any atom is -0.457 e. The molecule has 222 valence electrons. The molecular formula is C28H37F2NO9. The number of ether oxygens (including phenoxy) is 3. The first-order valence-electron chi connectivity index (χ1n) is 13.2. The topological polar surface area (TPSA) is 158 Å². The van der Waals surface area contributed by atoms with Crippen molar-refractivity contribution in [3.63, 3.8) is 0 Å². The van der Waals surface area contributed by atoms with Gasteiger partial charge in [0, 0.05) is 6.42 Å². The van der Waals surface area contributed by atoms with Gasteiger partial charge in [0.25, 0.3) is 0 Å². The SMILES string of the molecule is CCC[C@@H](O)[C@@H](O)[C@H](CO[C@H]1OC(CF)[C@@H](O)[C@H](O)C1O)NC(=O)CCc1ccc(Oc2ccc(F)cc2)cc1. The number of carbonyl (C=O) groups excluding carboxylic acids is 1. The molecule has 1 aliphatic rings. The molecule has 40 heavy (non-hydrogen) atoms. The third kappa shape index (κ3) is 8.90. The summed E-state index contributed by atoms with van der Waals surface area (Å²) < 4.78 is 42.5. The summed E-state index contributed by atoms with van der Waals surface area (Å²) in [7, 11) is 0. The lowest BCUT2D eigenvalue weighted by Crippen LogP contribution is -2.60. The molecule has 0 spiro atoms. The molecule has 1 heterocycles. The summed E-state index contributed by atoms with van der Waals surface area (Å²) in [6.07, 6.45) is -9.49. The molecule has 8 atom stereocenters. The van der Waals surface area contributed by atoms with Gasteiger partial charge in [0.05, 0.1) is 18.8 Å². The summed E-state index contributed by atoms with van der Waals surface area (Å²) in [5, 5.41) is 53.5. The van der Waals surface area contributed by atoms with Gasteiger partial charge in [-0.15, -0.1) is 0 Å². The highest BCUT2D eigenvalue weighted by Crippen LogP contribution is 2.24. The molecule has 0 bridgehead atoms. The van der Waals surface area contributed by atoms with Crippen LogP contribution in [0.1, 0.15) is 31.7 Å². The standard InChI is InChI=1S/C28H37F2NO9/c1-2-3-21(32)24(34)20(15-38-28-27(37)26(36)25(35)22(14-29)40-28)31-23(33)13-6-16-4-9-18(10-5-16)39-19-11-7-17(30)8-12-19/h4-5,7-12,20-22,24-28,32,34-37H,2-3,6,13-15H2,1H3,(H,31,33)/t20-,21+,22?,24-,25+,26-,27?,28-/m0/s1. The van der Waals surface area contributed by atoms with E-state index >= 15 is 0 Å². The van der Waals surface area contributed by atoms with Gasteiger partial charge in [-0.05, 0) is 54.8 Å². The van der Waals surface area contributed by atoms with Crippen LogP contribution >= 0.6 is 0 Å². The molecule has 1 aliphatic heterocycles. The van der Waals surface area contributed by atoms with Gasteiger partial charge in [-0.3, -0.25) is 4.79 Å². The molecule has 0 aromatic heterocycles. The second-order valence-electron chi connectivity index (χ2n) is 9.72. The number of benzene rings is 2.